The minimum absolute atomic E-state index is 0.0999. The van der Waals surface area contributed by atoms with Gasteiger partial charge in [-0.1, -0.05) is 0 Å². The maximum absolute atomic E-state index is 5.97. The molecular weight excluding hydrogens is 411 g/mol. The van der Waals surface area contributed by atoms with E-state index >= 15 is 0 Å². The van der Waals surface area contributed by atoms with E-state index in [9.17, 15) is 0 Å². The Hall–Kier alpha value is 0.682. The molecule has 0 amide bonds. The molecular formula is C10H13Cl2OTl. The number of rotatable bonds is 5. The minimum atomic E-state index is -2.35. The summed E-state index contributed by atoms with van der Waals surface area (Å²) in [5.41, 5.74) is 1.18. The van der Waals surface area contributed by atoms with Gasteiger partial charge < -0.3 is 0 Å². The maximum atomic E-state index is 5.97. The zero-order valence-electron chi connectivity index (χ0n) is 8.12. The van der Waals surface area contributed by atoms with Crippen LogP contribution in [-0.4, -0.2) is 26.9 Å². The van der Waals surface area contributed by atoms with Gasteiger partial charge in [-0.05, 0) is 0 Å². The summed E-state index contributed by atoms with van der Waals surface area (Å²) in [4.78, 5) is 0. The van der Waals surface area contributed by atoms with Crippen LogP contribution in [0, 0.1) is 0 Å². The first-order valence-electron chi connectivity index (χ1n) is 4.68. The average Bonchev–Trinajstić information content (AvgIpc) is 2.18. The summed E-state index contributed by atoms with van der Waals surface area (Å²) < 4.78 is 6.47. The molecule has 1 rings (SSSR count). The molecule has 1 unspecified atom stereocenters. The SMILES string of the molecule is CCOC([CH2][Tl]([Cl])[Cl])c1ccccc1. The van der Waals surface area contributed by atoms with Crippen molar-refractivity contribution in [3.63, 3.8) is 0 Å². The van der Waals surface area contributed by atoms with Crippen LogP contribution in [0.4, 0.5) is 0 Å². The van der Waals surface area contributed by atoms with Gasteiger partial charge in [-0.25, -0.2) is 0 Å². The number of ether oxygens (including phenoxy) is 1. The van der Waals surface area contributed by atoms with Crippen molar-refractivity contribution in [1.82, 2.24) is 0 Å². The van der Waals surface area contributed by atoms with Crippen LogP contribution in [0.2, 0.25) is 3.98 Å². The summed E-state index contributed by atoms with van der Waals surface area (Å²) in [5, 5.41) is 0. The monoisotopic (exact) mass is 424 g/mol. The van der Waals surface area contributed by atoms with Gasteiger partial charge in [0.05, 0.1) is 0 Å². The summed E-state index contributed by atoms with van der Waals surface area (Å²) >= 11 is -2.35. The molecule has 0 aliphatic heterocycles. The number of benzene rings is 1. The van der Waals surface area contributed by atoms with E-state index in [4.69, 9.17) is 21.4 Å². The third-order valence-corrected chi connectivity index (χ3v) is 8.11. The van der Waals surface area contributed by atoms with Crippen LogP contribution in [0.15, 0.2) is 30.3 Å². The molecule has 0 aliphatic rings. The molecule has 1 nitrogen and oxygen atoms in total. The molecule has 4 heteroatoms. The van der Waals surface area contributed by atoms with Crippen LogP contribution in [0.1, 0.15) is 18.6 Å². The second kappa shape index (κ2) is 7.04. The molecule has 0 saturated carbocycles. The standard InChI is InChI=1S/C10H13O.2ClH.Tl/c1-3-11-9(2)10-7-5-4-6-8-10;;;/h4-9H,2-3H2,1H3;2*1H;/q;;;+2/p-2. The Morgan fingerprint density at radius 1 is 1.29 bits per heavy atom. The predicted molar refractivity (Wildman–Crippen MR) is 63.1 cm³/mol. The number of halogens is 2. The average molecular weight is 425 g/mol. The first-order valence-corrected chi connectivity index (χ1v) is 18.9. The van der Waals surface area contributed by atoms with Crippen molar-refractivity contribution in [3.8, 4) is 0 Å². The van der Waals surface area contributed by atoms with Gasteiger partial charge >= 0.3 is 101 Å². The molecule has 0 saturated heterocycles. The van der Waals surface area contributed by atoms with Gasteiger partial charge in [-0.3, -0.25) is 0 Å². The van der Waals surface area contributed by atoms with Crippen LogP contribution in [0.3, 0.4) is 0 Å². The third kappa shape index (κ3) is 4.47. The van der Waals surface area contributed by atoms with Crippen molar-refractivity contribution < 1.29 is 4.74 Å². The van der Waals surface area contributed by atoms with Crippen molar-refractivity contribution in [2.45, 2.75) is 17.0 Å². The number of hydrogen-bond acceptors (Lipinski definition) is 1. The van der Waals surface area contributed by atoms with Crippen molar-refractivity contribution in [2.24, 2.45) is 0 Å². The first kappa shape index (κ1) is 12.8. The Labute approximate surface area is 100 Å². The molecule has 14 heavy (non-hydrogen) atoms. The summed E-state index contributed by atoms with van der Waals surface area (Å²) in [6.45, 7) is 2.69. The summed E-state index contributed by atoms with van der Waals surface area (Å²) in [6.07, 6.45) is 0.0999. The molecule has 1 aromatic rings. The van der Waals surface area contributed by atoms with Crippen molar-refractivity contribution in [2.75, 3.05) is 6.61 Å². The van der Waals surface area contributed by atoms with E-state index in [1.54, 1.807) is 0 Å². The van der Waals surface area contributed by atoms with Crippen molar-refractivity contribution >= 4 is 36.9 Å². The topological polar surface area (TPSA) is 9.23 Å². The van der Waals surface area contributed by atoms with Gasteiger partial charge in [0, 0.05) is 0 Å². The van der Waals surface area contributed by atoms with E-state index < -0.39 is 20.3 Å². The normalized spacial score (nSPS) is 12.5. The fourth-order valence-electron chi connectivity index (χ4n) is 1.33. The Morgan fingerprint density at radius 2 is 1.93 bits per heavy atom. The molecule has 0 aromatic heterocycles. The van der Waals surface area contributed by atoms with Gasteiger partial charge in [-0.2, -0.15) is 0 Å². The quantitative estimate of drug-likeness (QED) is 0.655. The van der Waals surface area contributed by atoms with E-state index in [0.29, 0.717) is 6.61 Å². The van der Waals surface area contributed by atoms with E-state index in [1.807, 2.05) is 25.1 Å². The van der Waals surface area contributed by atoms with E-state index in [0.717, 1.165) is 3.98 Å². The predicted octanol–water partition coefficient (Wildman–Crippen LogP) is 3.73. The third-order valence-electron chi connectivity index (χ3n) is 1.93. The van der Waals surface area contributed by atoms with Crippen LogP contribution in [0.25, 0.3) is 0 Å². The Kier molecular flexibility index (Phi) is 6.41. The Balaban J connectivity index is 2.67. The second-order valence-electron chi connectivity index (χ2n) is 2.98. The molecule has 0 bridgehead atoms. The van der Waals surface area contributed by atoms with Crippen LogP contribution in [0.5, 0.6) is 0 Å². The zero-order chi connectivity index (χ0) is 10.4. The zero-order valence-corrected chi connectivity index (χ0v) is 14.1. The molecule has 1 aromatic carbocycles. The van der Waals surface area contributed by atoms with E-state index in [2.05, 4.69) is 12.1 Å². The van der Waals surface area contributed by atoms with E-state index in [1.165, 1.54) is 5.56 Å². The molecule has 0 fully saturated rings. The fourth-order valence-corrected chi connectivity index (χ4v) is 7.02. The van der Waals surface area contributed by atoms with E-state index in [-0.39, 0.29) is 6.10 Å². The molecule has 0 radical (unpaired) electrons. The molecule has 76 valence electrons. The molecule has 0 spiro atoms. The van der Waals surface area contributed by atoms with Gasteiger partial charge in [0.15, 0.2) is 0 Å². The first-order chi connectivity index (χ1) is 6.74. The van der Waals surface area contributed by atoms with Crippen molar-refractivity contribution in [3.05, 3.63) is 35.9 Å². The summed E-state index contributed by atoms with van der Waals surface area (Å²) in [5.74, 6) is 0. The van der Waals surface area contributed by atoms with Gasteiger partial charge in [0.2, 0.25) is 0 Å². The van der Waals surface area contributed by atoms with Crippen LogP contribution >= 0.6 is 16.6 Å². The number of hydrogen-bond donors (Lipinski definition) is 0. The summed E-state index contributed by atoms with van der Waals surface area (Å²) in [7, 11) is 11.9. The molecule has 0 heterocycles. The van der Waals surface area contributed by atoms with Crippen molar-refractivity contribution in [1.29, 1.82) is 0 Å². The van der Waals surface area contributed by atoms with Gasteiger partial charge in [-0.15, -0.1) is 0 Å². The molecule has 0 N–H and O–H groups in total. The summed E-state index contributed by atoms with van der Waals surface area (Å²) in [6, 6.07) is 10.1. The molecule has 1 atom stereocenters. The van der Waals surface area contributed by atoms with Gasteiger partial charge in [0.25, 0.3) is 0 Å². The Bertz CT molecular complexity index is 254. The van der Waals surface area contributed by atoms with Crippen LogP contribution in [-0.2, 0) is 4.74 Å². The molecule has 0 aliphatic carbocycles. The fraction of sp³-hybridized carbons (Fsp3) is 0.400. The van der Waals surface area contributed by atoms with Gasteiger partial charge in [0.1, 0.15) is 0 Å². The van der Waals surface area contributed by atoms with Crippen LogP contribution < -0.4 is 0 Å². The Morgan fingerprint density at radius 3 is 2.43 bits per heavy atom. The second-order valence-corrected chi connectivity index (χ2v) is 19.1.